The molecule has 450 valence electrons. The van der Waals surface area contributed by atoms with Crippen molar-refractivity contribution in [3.63, 3.8) is 0 Å². The number of hydrogen-bond acceptors (Lipinski definition) is 17. The third kappa shape index (κ3) is 17.8. The molecular weight excluding hydrogens is 1140 g/mol. The highest BCUT2D eigenvalue weighted by molar-refractivity contribution is 6.03. The number of Topliss-reactive ketones (excluding diaryl/α,β-unsaturated/α-hetero) is 1. The minimum Gasteiger partial charge on any atom is -0.429 e. The van der Waals surface area contributed by atoms with Gasteiger partial charge in [0, 0.05) is 95.1 Å². The molecule has 8 aromatic carbocycles. The van der Waals surface area contributed by atoms with Crippen LogP contribution in [0.3, 0.4) is 0 Å². The van der Waals surface area contributed by atoms with E-state index in [-0.39, 0.29) is 23.9 Å². The number of fused-ring (bicyclic) bond motifs is 3. The first-order valence-corrected chi connectivity index (χ1v) is 28.4. The number of carbonyl (C=O) groups is 5. The number of benzene rings is 8. The van der Waals surface area contributed by atoms with Crippen LogP contribution in [0.15, 0.2) is 244 Å². The molecule has 18 nitrogen and oxygen atoms in total. The third-order valence-electron chi connectivity index (χ3n) is 13.9. The molecule has 0 aliphatic heterocycles. The largest absolute Gasteiger partial charge is 0.429 e. The van der Waals surface area contributed by atoms with Gasteiger partial charge in [-0.25, -0.2) is 19.9 Å². The predicted octanol–water partition coefficient (Wildman–Crippen LogP) is 14.1. The highest BCUT2D eigenvalue weighted by atomic mass is 16.5. The lowest BCUT2D eigenvalue weighted by atomic mass is 9.98. The van der Waals surface area contributed by atoms with Crippen molar-refractivity contribution in [1.82, 2.24) is 29.9 Å². The molecular formula is C73H61N11O7. The summed E-state index contributed by atoms with van der Waals surface area (Å²) in [6, 6.07) is 56.2. The van der Waals surface area contributed by atoms with Crippen LogP contribution in [0.25, 0.3) is 54.8 Å². The number of hydrogen-bond donors (Lipinski definition) is 5. The zero-order valence-corrected chi connectivity index (χ0v) is 49.6. The van der Waals surface area contributed by atoms with Crippen LogP contribution in [-0.4, -0.2) is 60.3 Å². The number of rotatable bonds is 18. The van der Waals surface area contributed by atoms with E-state index in [0.717, 1.165) is 94.1 Å². The van der Waals surface area contributed by atoms with Gasteiger partial charge >= 0.3 is 0 Å². The number of carbonyl (C=O) groups excluding carboxylic acids is 5. The van der Waals surface area contributed by atoms with E-state index >= 15 is 0 Å². The Kier molecular flexibility index (Phi) is 21.2. The molecule has 12 rings (SSSR count). The van der Waals surface area contributed by atoms with Gasteiger partial charge in [-0.1, -0.05) is 86.0 Å². The molecule has 0 saturated heterocycles. The topological polar surface area (TPSA) is 269 Å². The van der Waals surface area contributed by atoms with E-state index in [1.165, 1.54) is 12.2 Å². The SMILES string of the molecule is C=CC(=O)Cc1ccc2cc(OC=O)ccc2c1.C=CC(=O)Nc1ccc2cc(C(=O)Cc3ccc(C)c(Nc4nccc(-c5cccnc5)n4)c3)ccc2c1.Cc1ccc(N)cc1Nc1nccc(-c2cccnc2)n1.Nc1ccc2cc(OC=O)ccc2c1. The standard InChI is InChI=1S/C31H25N5O2.C16H15N5.C15H12O3.C11H9NO2/c1-3-30(38)34-26-11-10-22-17-24(9-8-23(22)18-26)29(37)16-21-7-6-20(2)28(15-21)36-31-33-14-12-27(35-31)25-5-4-13-32-19-25;1-11-4-5-13(17)9-15(11)21-16-19-8-6-14(20-16)12-3-2-7-18-10-12;1-2-14(17)8-11-3-4-13-9-15(18-10-16)6-5-12(13)7-11;12-10-3-1-9-6-11(14-7-13)4-2-8(9)5-10/h3-15,17-19H,1,16H2,2H3,(H,34,38)(H,33,35,36);2-10H,17H2,1H3,(H,19,20,21);2-7,9-10H,1,8H2;1-7H,12H2. The van der Waals surface area contributed by atoms with E-state index in [4.69, 9.17) is 20.9 Å². The lowest BCUT2D eigenvalue weighted by molar-refractivity contribution is -0.121. The predicted molar refractivity (Wildman–Crippen MR) is 359 cm³/mol. The van der Waals surface area contributed by atoms with Gasteiger partial charge in [-0.15, -0.1) is 0 Å². The van der Waals surface area contributed by atoms with Gasteiger partial charge in [-0.05, 0) is 190 Å². The number of nitrogens with zero attached hydrogens (tertiary/aromatic N) is 6. The molecule has 0 radical (unpaired) electrons. The molecule has 0 fully saturated rings. The van der Waals surface area contributed by atoms with Crippen molar-refractivity contribution in [2.24, 2.45) is 0 Å². The van der Waals surface area contributed by atoms with Crippen LogP contribution in [0.1, 0.15) is 32.6 Å². The fourth-order valence-corrected chi connectivity index (χ4v) is 9.25. The van der Waals surface area contributed by atoms with Crippen LogP contribution >= 0.6 is 0 Å². The van der Waals surface area contributed by atoms with Crippen LogP contribution in [0.2, 0.25) is 0 Å². The van der Waals surface area contributed by atoms with E-state index in [9.17, 15) is 24.0 Å². The average molecular weight is 1200 g/mol. The summed E-state index contributed by atoms with van der Waals surface area (Å²) < 4.78 is 9.51. The highest BCUT2D eigenvalue weighted by Crippen LogP contribution is 2.28. The van der Waals surface area contributed by atoms with Crippen LogP contribution < -0.4 is 36.9 Å². The number of nitrogen functional groups attached to an aromatic ring is 2. The summed E-state index contributed by atoms with van der Waals surface area (Å²) in [5.41, 5.74) is 23.3. The Morgan fingerprint density at radius 3 is 1.58 bits per heavy atom. The fraction of sp³-hybridized carbons (Fsp3) is 0.0548. The molecule has 4 heterocycles. The molecule has 0 atom stereocenters. The van der Waals surface area contributed by atoms with Gasteiger partial charge in [0.05, 0.1) is 11.4 Å². The molecule has 0 aliphatic rings. The zero-order valence-electron chi connectivity index (χ0n) is 49.6. The summed E-state index contributed by atoms with van der Waals surface area (Å²) >= 11 is 0. The van der Waals surface area contributed by atoms with Crippen molar-refractivity contribution in [1.29, 1.82) is 0 Å². The van der Waals surface area contributed by atoms with Gasteiger partial charge in [0.15, 0.2) is 11.6 Å². The smallest absolute Gasteiger partial charge is 0.298 e. The maximum Gasteiger partial charge on any atom is 0.298 e. The van der Waals surface area contributed by atoms with Gasteiger partial charge < -0.3 is 36.9 Å². The van der Waals surface area contributed by atoms with Gasteiger partial charge in [-0.2, -0.15) is 0 Å². The molecule has 0 aliphatic carbocycles. The second-order valence-electron chi connectivity index (χ2n) is 20.4. The molecule has 18 heteroatoms. The lowest BCUT2D eigenvalue weighted by Crippen LogP contribution is -2.07. The average Bonchev–Trinajstić information content (AvgIpc) is 2.70. The van der Waals surface area contributed by atoms with Crippen LogP contribution in [0, 0.1) is 13.8 Å². The second kappa shape index (κ2) is 30.7. The number of amides is 1. The second-order valence-corrected chi connectivity index (χ2v) is 20.4. The molecule has 12 aromatic rings. The number of nitrogens with one attached hydrogen (secondary N) is 3. The molecule has 4 aromatic heterocycles. The number of anilines is 7. The Morgan fingerprint density at radius 2 is 0.989 bits per heavy atom. The maximum absolute atomic E-state index is 13.1. The third-order valence-corrected chi connectivity index (χ3v) is 13.9. The Labute approximate surface area is 524 Å². The van der Waals surface area contributed by atoms with E-state index in [2.05, 4.69) is 59.0 Å². The molecule has 0 bridgehead atoms. The van der Waals surface area contributed by atoms with Crippen molar-refractivity contribution in [3.05, 3.63) is 272 Å². The Hall–Kier alpha value is -12.6. The van der Waals surface area contributed by atoms with Crippen molar-refractivity contribution in [2.45, 2.75) is 26.7 Å². The maximum atomic E-state index is 13.1. The van der Waals surface area contributed by atoms with Crippen molar-refractivity contribution < 1.29 is 33.4 Å². The molecule has 0 saturated carbocycles. The quantitative estimate of drug-likeness (QED) is 0.0231. The van der Waals surface area contributed by atoms with Crippen LogP contribution in [-0.2, 0) is 32.0 Å². The first-order valence-electron chi connectivity index (χ1n) is 28.4. The minimum atomic E-state index is -0.268. The first kappa shape index (κ1) is 62.9. The Balaban J connectivity index is 0.000000156. The fourth-order valence-electron chi connectivity index (χ4n) is 9.25. The highest BCUT2D eigenvalue weighted by Gasteiger charge is 2.13. The van der Waals surface area contributed by atoms with Crippen molar-refractivity contribution in [2.75, 3.05) is 27.4 Å². The number of ketones is 2. The zero-order chi connectivity index (χ0) is 64.1. The monoisotopic (exact) mass is 1200 g/mol. The molecule has 0 spiro atoms. The number of aryl methyl sites for hydroxylation is 2. The summed E-state index contributed by atoms with van der Waals surface area (Å²) in [5, 5.41) is 15.1. The molecule has 1 amide bonds. The van der Waals surface area contributed by atoms with Crippen molar-refractivity contribution >= 4 is 103 Å². The summed E-state index contributed by atoms with van der Waals surface area (Å²) in [5.74, 6) is 1.79. The molecule has 91 heavy (non-hydrogen) atoms. The molecule has 7 N–H and O–H groups in total. The van der Waals surface area contributed by atoms with Crippen LogP contribution in [0.5, 0.6) is 11.5 Å². The van der Waals surface area contributed by atoms with E-state index in [1.807, 2.05) is 166 Å². The number of ether oxygens (including phenoxy) is 2. The number of nitrogens with two attached hydrogens (primary N) is 2. The van der Waals surface area contributed by atoms with Crippen molar-refractivity contribution in [3.8, 4) is 34.0 Å². The molecule has 0 unspecified atom stereocenters. The van der Waals surface area contributed by atoms with E-state index in [0.29, 0.717) is 59.7 Å². The first-order chi connectivity index (χ1) is 44.2. The summed E-state index contributed by atoms with van der Waals surface area (Å²) in [6.07, 6.45) is 13.6. The van der Waals surface area contributed by atoms with Gasteiger partial charge in [0.25, 0.3) is 12.9 Å². The van der Waals surface area contributed by atoms with Gasteiger partial charge in [-0.3, -0.25) is 33.9 Å². The van der Waals surface area contributed by atoms with E-state index in [1.54, 1.807) is 67.5 Å². The lowest BCUT2D eigenvalue weighted by Gasteiger charge is -2.11. The van der Waals surface area contributed by atoms with E-state index < -0.39 is 0 Å². The number of allylic oxidation sites excluding steroid dienone is 1. The van der Waals surface area contributed by atoms with Crippen LogP contribution in [0.4, 0.5) is 40.3 Å². The Bertz CT molecular complexity index is 4620. The summed E-state index contributed by atoms with van der Waals surface area (Å²) in [6.45, 7) is 11.7. The number of pyridine rings is 2. The Morgan fingerprint density at radius 1 is 0.495 bits per heavy atom. The summed E-state index contributed by atoms with van der Waals surface area (Å²) in [7, 11) is 0. The minimum absolute atomic E-state index is 0.00439. The summed E-state index contributed by atoms with van der Waals surface area (Å²) in [4.78, 5) is 82.4. The number of aromatic nitrogens is 6. The normalized spacial score (nSPS) is 10.4. The van der Waals surface area contributed by atoms with Gasteiger partial charge in [0.2, 0.25) is 17.8 Å². The van der Waals surface area contributed by atoms with Gasteiger partial charge in [0.1, 0.15) is 11.5 Å².